The Morgan fingerprint density at radius 1 is 1.37 bits per heavy atom. The van der Waals surface area contributed by atoms with Crippen molar-refractivity contribution < 1.29 is 9.60 Å². The van der Waals surface area contributed by atoms with Gasteiger partial charge in [-0.2, -0.15) is 0 Å². The van der Waals surface area contributed by atoms with E-state index in [1.807, 2.05) is 0 Å². The first kappa shape index (κ1) is 15.4. The number of oxime groups is 1. The van der Waals surface area contributed by atoms with Gasteiger partial charge in [-0.3, -0.25) is 0 Å². The van der Waals surface area contributed by atoms with Gasteiger partial charge in [-0.1, -0.05) is 19.0 Å². The normalized spacial score (nSPS) is 13.8. The second-order valence-electron chi connectivity index (χ2n) is 5.24. The number of hydrogen-bond donors (Lipinski definition) is 3. The molecule has 1 atom stereocenters. The Bertz CT molecular complexity index is 446. The highest BCUT2D eigenvalue weighted by atomic mass is 19.1. The standard InChI is InChI=1S/C14H22FN3O/c1-9(2)4-10(3)17-8-11-5-12(14(16)18-19)7-13(15)6-11/h5-7,9-10,17,19H,4,8H2,1-3H3,(H2,16,18). The summed E-state index contributed by atoms with van der Waals surface area (Å²) < 4.78 is 13.4. The van der Waals surface area contributed by atoms with Crippen molar-refractivity contribution in [3.63, 3.8) is 0 Å². The van der Waals surface area contributed by atoms with Crippen molar-refractivity contribution in [2.24, 2.45) is 16.8 Å². The fourth-order valence-corrected chi connectivity index (χ4v) is 2.04. The van der Waals surface area contributed by atoms with Crippen molar-refractivity contribution >= 4 is 5.84 Å². The highest BCUT2D eigenvalue weighted by Gasteiger charge is 2.07. The van der Waals surface area contributed by atoms with Crippen molar-refractivity contribution in [3.05, 3.63) is 35.1 Å². The number of nitrogens with one attached hydrogen (secondary N) is 1. The molecule has 0 aromatic heterocycles. The van der Waals surface area contributed by atoms with Crippen LogP contribution in [0.2, 0.25) is 0 Å². The largest absolute Gasteiger partial charge is 0.409 e. The first-order valence-electron chi connectivity index (χ1n) is 6.43. The molecule has 0 radical (unpaired) electrons. The van der Waals surface area contributed by atoms with Gasteiger partial charge in [0.05, 0.1) is 0 Å². The molecule has 0 aliphatic rings. The molecule has 1 rings (SSSR count). The van der Waals surface area contributed by atoms with Gasteiger partial charge < -0.3 is 16.3 Å². The van der Waals surface area contributed by atoms with Gasteiger partial charge in [0.1, 0.15) is 5.82 Å². The smallest absolute Gasteiger partial charge is 0.170 e. The van der Waals surface area contributed by atoms with Gasteiger partial charge in [0.2, 0.25) is 0 Å². The quantitative estimate of drug-likeness (QED) is 0.321. The van der Waals surface area contributed by atoms with Gasteiger partial charge in [0, 0.05) is 18.2 Å². The predicted molar refractivity (Wildman–Crippen MR) is 74.7 cm³/mol. The van der Waals surface area contributed by atoms with E-state index in [4.69, 9.17) is 10.9 Å². The average Bonchev–Trinajstić information content (AvgIpc) is 2.34. The number of benzene rings is 1. The molecule has 0 aliphatic carbocycles. The maximum Gasteiger partial charge on any atom is 0.170 e. The summed E-state index contributed by atoms with van der Waals surface area (Å²) in [7, 11) is 0. The molecule has 19 heavy (non-hydrogen) atoms. The summed E-state index contributed by atoms with van der Waals surface area (Å²) in [6, 6.07) is 4.77. The van der Waals surface area contributed by atoms with Crippen molar-refractivity contribution in [3.8, 4) is 0 Å². The summed E-state index contributed by atoms with van der Waals surface area (Å²) in [5.41, 5.74) is 6.63. The Morgan fingerprint density at radius 3 is 2.63 bits per heavy atom. The van der Waals surface area contributed by atoms with E-state index in [0.29, 0.717) is 24.1 Å². The van der Waals surface area contributed by atoms with E-state index < -0.39 is 5.82 Å². The van der Waals surface area contributed by atoms with Crippen LogP contribution in [-0.2, 0) is 6.54 Å². The molecule has 1 unspecified atom stereocenters. The monoisotopic (exact) mass is 267 g/mol. The van der Waals surface area contributed by atoms with Crippen LogP contribution in [0.4, 0.5) is 4.39 Å². The highest BCUT2D eigenvalue weighted by molar-refractivity contribution is 5.97. The number of amidine groups is 1. The summed E-state index contributed by atoms with van der Waals surface area (Å²) in [4.78, 5) is 0. The van der Waals surface area contributed by atoms with Gasteiger partial charge >= 0.3 is 0 Å². The Labute approximate surface area is 113 Å². The molecule has 4 nitrogen and oxygen atoms in total. The van der Waals surface area contributed by atoms with Crippen LogP contribution >= 0.6 is 0 Å². The molecule has 0 spiro atoms. The fraction of sp³-hybridized carbons (Fsp3) is 0.500. The van der Waals surface area contributed by atoms with Gasteiger partial charge in [-0.15, -0.1) is 0 Å². The summed E-state index contributed by atoms with van der Waals surface area (Å²) in [6.07, 6.45) is 1.06. The lowest BCUT2D eigenvalue weighted by molar-refractivity contribution is 0.318. The molecular formula is C14H22FN3O. The number of hydrogen-bond acceptors (Lipinski definition) is 3. The first-order chi connectivity index (χ1) is 8.92. The highest BCUT2D eigenvalue weighted by Crippen LogP contribution is 2.10. The lowest BCUT2D eigenvalue weighted by Crippen LogP contribution is -2.27. The molecule has 0 aliphatic heterocycles. The minimum atomic E-state index is -0.391. The van der Waals surface area contributed by atoms with Gasteiger partial charge in [0.15, 0.2) is 5.84 Å². The first-order valence-corrected chi connectivity index (χ1v) is 6.43. The summed E-state index contributed by atoms with van der Waals surface area (Å²) in [5.74, 6) is 0.135. The van der Waals surface area contributed by atoms with Crippen LogP contribution < -0.4 is 11.1 Å². The summed E-state index contributed by atoms with van der Waals surface area (Å²) >= 11 is 0. The zero-order chi connectivity index (χ0) is 14.4. The molecule has 0 amide bonds. The van der Waals surface area contributed by atoms with Crippen LogP contribution in [0, 0.1) is 11.7 Å². The van der Waals surface area contributed by atoms with Crippen LogP contribution in [0.5, 0.6) is 0 Å². The molecule has 0 fully saturated rings. The van der Waals surface area contributed by atoms with E-state index in [-0.39, 0.29) is 5.84 Å². The molecule has 0 heterocycles. The van der Waals surface area contributed by atoms with Crippen LogP contribution in [0.15, 0.2) is 23.4 Å². The maximum absolute atomic E-state index is 13.4. The molecule has 1 aromatic carbocycles. The number of halogens is 1. The Hall–Kier alpha value is -1.62. The van der Waals surface area contributed by atoms with Crippen LogP contribution in [0.25, 0.3) is 0 Å². The zero-order valence-corrected chi connectivity index (χ0v) is 11.7. The minimum Gasteiger partial charge on any atom is -0.409 e. The van der Waals surface area contributed by atoms with Gasteiger partial charge in [-0.05, 0) is 43.0 Å². The SMILES string of the molecule is CC(C)CC(C)NCc1cc(F)cc(/C(N)=N/O)c1. The lowest BCUT2D eigenvalue weighted by Gasteiger charge is -2.16. The van der Waals surface area contributed by atoms with E-state index in [1.54, 1.807) is 6.07 Å². The molecule has 106 valence electrons. The molecule has 0 bridgehead atoms. The van der Waals surface area contributed by atoms with E-state index in [0.717, 1.165) is 12.0 Å². The third kappa shape index (κ3) is 5.26. The third-order valence-electron chi connectivity index (χ3n) is 2.84. The summed E-state index contributed by atoms with van der Waals surface area (Å²) in [5, 5.41) is 14.8. The predicted octanol–water partition coefficient (Wildman–Crippen LogP) is 2.44. The molecule has 5 heteroatoms. The molecule has 4 N–H and O–H groups in total. The van der Waals surface area contributed by atoms with Crippen molar-refractivity contribution in [1.82, 2.24) is 5.32 Å². The van der Waals surface area contributed by atoms with Crippen molar-refractivity contribution in [1.29, 1.82) is 0 Å². The van der Waals surface area contributed by atoms with E-state index >= 15 is 0 Å². The van der Waals surface area contributed by atoms with Crippen LogP contribution in [-0.4, -0.2) is 17.1 Å². The maximum atomic E-state index is 13.4. The van der Waals surface area contributed by atoms with E-state index in [1.165, 1.54) is 12.1 Å². The Balaban J connectivity index is 2.71. The summed E-state index contributed by atoms with van der Waals surface area (Å²) in [6.45, 7) is 6.98. The fourth-order valence-electron chi connectivity index (χ4n) is 2.04. The van der Waals surface area contributed by atoms with Crippen molar-refractivity contribution in [2.45, 2.75) is 39.8 Å². The van der Waals surface area contributed by atoms with Crippen LogP contribution in [0.1, 0.15) is 38.3 Å². The van der Waals surface area contributed by atoms with Crippen LogP contribution in [0.3, 0.4) is 0 Å². The second-order valence-corrected chi connectivity index (χ2v) is 5.24. The zero-order valence-electron chi connectivity index (χ0n) is 11.7. The van der Waals surface area contributed by atoms with Gasteiger partial charge in [-0.25, -0.2) is 4.39 Å². The number of nitrogens with two attached hydrogens (primary N) is 1. The topological polar surface area (TPSA) is 70.6 Å². The minimum absolute atomic E-state index is 0.0871. The third-order valence-corrected chi connectivity index (χ3v) is 2.84. The second kappa shape index (κ2) is 7.09. The number of nitrogens with zero attached hydrogens (tertiary/aromatic N) is 1. The van der Waals surface area contributed by atoms with E-state index in [2.05, 4.69) is 31.2 Å². The molecule has 1 aromatic rings. The Kier molecular flexibility index (Phi) is 5.76. The lowest BCUT2D eigenvalue weighted by atomic mass is 10.0. The van der Waals surface area contributed by atoms with Gasteiger partial charge in [0.25, 0.3) is 0 Å². The van der Waals surface area contributed by atoms with E-state index in [9.17, 15) is 4.39 Å². The molecular weight excluding hydrogens is 245 g/mol. The van der Waals surface area contributed by atoms with Crippen molar-refractivity contribution in [2.75, 3.05) is 0 Å². The Morgan fingerprint density at radius 2 is 2.05 bits per heavy atom. The molecule has 0 saturated carbocycles. The average molecular weight is 267 g/mol. The molecule has 0 saturated heterocycles. The number of rotatable bonds is 6.